The van der Waals surface area contributed by atoms with Gasteiger partial charge in [0.1, 0.15) is 5.69 Å². The summed E-state index contributed by atoms with van der Waals surface area (Å²) in [4.78, 5) is 13.9. The highest BCUT2D eigenvalue weighted by Gasteiger charge is 2.11. The van der Waals surface area contributed by atoms with E-state index in [2.05, 4.69) is 50.2 Å². The van der Waals surface area contributed by atoms with Gasteiger partial charge in [-0.25, -0.2) is 0 Å². The lowest BCUT2D eigenvalue weighted by atomic mass is 10.4. The zero-order valence-corrected chi connectivity index (χ0v) is 11.2. The predicted molar refractivity (Wildman–Crippen MR) is 66.4 cm³/mol. The van der Waals surface area contributed by atoms with E-state index in [4.69, 9.17) is 0 Å². The van der Waals surface area contributed by atoms with Crippen molar-refractivity contribution >= 4 is 21.8 Å². The zero-order valence-electron chi connectivity index (χ0n) is 9.59. The summed E-state index contributed by atoms with van der Waals surface area (Å²) in [6.07, 6.45) is 1.57. The molecule has 6 heteroatoms. The molecule has 0 aliphatic heterocycles. The van der Waals surface area contributed by atoms with Gasteiger partial charge in [-0.15, -0.1) is 0 Å². The summed E-state index contributed by atoms with van der Waals surface area (Å²) >= 11 is 3.25. The summed E-state index contributed by atoms with van der Waals surface area (Å²) < 4.78 is 0.688. The molecule has 0 unspecified atom stereocenters. The fourth-order valence-corrected chi connectivity index (χ4v) is 1.76. The molecule has 1 heterocycles. The summed E-state index contributed by atoms with van der Waals surface area (Å²) in [6, 6.07) is 0. The number of likely N-dealkylation sites (N-methyl/N-ethyl adjacent to an activating group) is 1. The average molecular weight is 289 g/mol. The predicted octanol–water partition coefficient (Wildman–Crippen LogP) is 1.24. The van der Waals surface area contributed by atoms with Crippen LogP contribution in [0, 0.1) is 0 Å². The number of hydrogen-bond acceptors (Lipinski definition) is 3. The summed E-state index contributed by atoms with van der Waals surface area (Å²) in [5.41, 5.74) is 0.472. The fourth-order valence-electron chi connectivity index (χ4n) is 1.39. The molecule has 0 atom stereocenters. The van der Waals surface area contributed by atoms with Gasteiger partial charge >= 0.3 is 0 Å². The van der Waals surface area contributed by atoms with Gasteiger partial charge in [0, 0.05) is 13.1 Å². The van der Waals surface area contributed by atoms with E-state index in [9.17, 15) is 4.79 Å². The number of carbonyl (C=O) groups is 1. The molecule has 0 saturated heterocycles. The maximum absolute atomic E-state index is 11.7. The van der Waals surface area contributed by atoms with E-state index in [0.717, 1.165) is 19.6 Å². The molecule has 0 fully saturated rings. The van der Waals surface area contributed by atoms with Crippen LogP contribution in [0.15, 0.2) is 10.7 Å². The third kappa shape index (κ3) is 3.61. The number of rotatable bonds is 6. The Morgan fingerprint density at radius 2 is 2.25 bits per heavy atom. The Hall–Kier alpha value is -0.880. The van der Waals surface area contributed by atoms with Crippen LogP contribution in [0.4, 0.5) is 0 Å². The molecule has 0 aliphatic carbocycles. The van der Waals surface area contributed by atoms with Crippen LogP contribution in [0.25, 0.3) is 0 Å². The second-order valence-electron chi connectivity index (χ2n) is 3.38. The molecule has 90 valence electrons. The minimum absolute atomic E-state index is 0.128. The summed E-state index contributed by atoms with van der Waals surface area (Å²) in [6.45, 7) is 7.73. The Balaban J connectivity index is 2.34. The molecule has 0 bridgehead atoms. The average Bonchev–Trinajstić information content (AvgIpc) is 2.70. The smallest absolute Gasteiger partial charge is 0.270 e. The number of nitrogens with one attached hydrogen (secondary N) is 2. The minimum Gasteiger partial charge on any atom is -0.349 e. The Labute approximate surface area is 104 Å². The van der Waals surface area contributed by atoms with Crippen molar-refractivity contribution in [2.24, 2.45) is 0 Å². The molecule has 1 aromatic heterocycles. The molecule has 0 aromatic carbocycles. The Morgan fingerprint density at radius 1 is 1.56 bits per heavy atom. The van der Waals surface area contributed by atoms with Crippen molar-refractivity contribution in [1.82, 2.24) is 20.4 Å². The Morgan fingerprint density at radius 3 is 2.75 bits per heavy atom. The molecule has 16 heavy (non-hydrogen) atoms. The molecule has 0 saturated carbocycles. The number of nitrogens with zero attached hydrogens (tertiary/aromatic N) is 2. The van der Waals surface area contributed by atoms with Crippen molar-refractivity contribution in [3.8, 4) is 0 Å². The normalized spacial score (nSPS) is 10.8. The van der Waals surface area contributed by atoms with Gasteiger partial charge < -0.3 is 10.2 Å². The number of aromatic amines is 1. The number of amides is 1. The van der Waals surface area contributed by atoms with Crippen molar-refractivity contribution < 1.29 is 4.79 Å². The van der Waals surface area contributed by atoms with E-state index >= 15 is 0 Å². The van der Waals surface area contributed by atoms with Crippen molar-refractivity contribution in [2.75, 3.05) is 26.2 Å². The number of halogens is 1. The molecule has 5 nitrogen and oxygen atoms in total. The van der Waals surface area contributed by atoms with Gasteiger partial charge in [0.2, 0.25) is 0 Å². The first-order chi connectivity index (χ1) is 7.69. The van der Waals surface area contributed by atoms with E-state index in [1.165, 1.54) is 0 Å². The van der Waals surface area contributed by atoms with Crippen molar-refractivity contribution in [1.29, 1.82) is 0 Å². The van der Waals surface area contributed by atoms with E-state index in [0.29, 0.717) is 16.7 Å². The van der Waals surface area contributed by atoms with Gasteiger partial charge in [0.05, 0.1) is 10.7 Å². The van der Waals surface area contributed by atoms with E-state index < -0.39 is 0 Å². The van der Waals surface area contributed by atoms with Gasteiger partial charge in [-0.3, -0.25) is 9.89 Å². The van der Waals surface area contributed by atoms with Crippen molar-refractivity contribution in [3.63, 3.8) is 0 Å². The number of H-pyrrole nitrogens is 1. The van der Waals surface area contributed by atoms with Gasteiger partial charge in [0.25, 0.3) is 5.91 Å². The SMILES string of the molecule is CCN(CC)CCNC(=O)c1[nH]ncc1Br. The first kappa shape index (κ1) is 13.2. The lowest BCUT2D eigenvalue weighted by Gasteiger charge is -2.17. The van der Waals surface area contributed by atoms with Gasteiger partial charge in [-0.1, -0.05) is 13.8 Å². The molecule has 1 rings (SSSR count). The third-order valence-electron chi connectivity index (χ3n) is 2.43. The van der Waals surface area contributed by atoms with E-state index in [1.807, 2.05) is 0 Å². The summed E-state index contributed by atoms with van der Waals surface area (Å²) in [7, 11) is 0. The second kappa shape index (κ2) is 6.65. The molecular weight excluding hydrogens is 272 g/mol. The molecule has 0 aliphatic rings. The van der Waals surface area contributed by atoms with Gasteiger partial charge in [0.15, 0.2) is 0 Å². The number of aromatic nitrogens is 2. The fraction of sp³-hybridized carbons (Fsp3) is 0.600. The monoisotopic (exact) mass is 288 g/mol. The van der Waals surface area contributed by atoms with Crippen LogP contribution in [0.1, 0.15) is 24.3 Å². The second-order valence-corrected chi connectivity index (χ2v) is 4.23. The number of carbonyl (C=O) groups excluding carboxylic acids is 1. The van der Waals surface area contributed by atoms with Crippen LogP contribution < -0.4 is 5.32 Å². The van der Waals surface area contributed by atoms with Crippen molar-refractivity contribution in [3.05, 3.63) is 16.4 Å². The standard InChI is InChI=1S/C10H17BrN4O/c1-3-15(4-2)6-5-12-10(16)9-8(11)7-13-14-9/h7H,3-6H2,1-2H3,(H,12,16)(H,13,14). The first-order valence-electron chi connectivity index (χ1n) is 5.38. The highest BCUT2D eigenvalue weighted by Crippen LogP contribution is 2.11. The summed E-state index contributed by atoms with van der Waals surface area (Å²) in [5.74, 6) is -0.128. The van der Waals surface area contributed by atoms with Crippen LogP contribution in [-0.2, 0) is 0 Å². The lowest BCUT2D eigenvalue weighted by Crippen LogP contribution is -2.35. The van der Waals surface area contributed by atoms with E-state index in [-0.39, 0.29) is 5.91 Å². The highest BCUT2D eigenvalue weighted by molar-refractivity contribution is 9.10. The first-order valence-corrected chi connectivity index (χ1v) is 6.17. The number of hydrogen-bond donors (Lipinski definition) is 2. The minimum atomic E-state index is -0.128. The van der Waals surface area contributed by atoms with E-state index in [1.54, 1.807) is 6.20 Å². The molecular formula is C10H17BrN4O. The largest absolute Gasteiger partial charge is 0.349 e. The quantitative estimate of drug-likeness (QED) is 0.828. The van der Waals surface area contributed by atoms with Crippen LogP contribution in [-0.4, -0.2) is 47.2 Å². The molecule has 2 N–H and O–H groups in total. The van der Waals surface area contributed by atoms with Crippen molar-refractivity contribution in [2.45, 2.75) is 13.8 Å². The van der Waals surface area contributed by atoms with Crippen LogP contribution in [0.3, 0.4) is 0 Å². The molecule has 1 amide bonds. The lowest BCUT2D eigenvalue weighted by molar-refractivity contribution is 0.0943. The van der Waals surface area contributed by atoms with Crippen LogP contribution >= 0.6 is 15.9 Å². The zero-order chi connectivity index (χ0) is 12.0. The van der Waals surface area contributed by atoms with Gasteiger partial charge in [-0.2, -0.15) is 5.10 Å². The molecule has 0 spiro atoms. The highest BCUT2D eigenvalue weighted by atomic mass is 79.9. The summed E-state index contributed by atoms with van der Waals surface area (Å²) in [5, 5.41) is 9.27. The maximum Gasteiger partial charge on any atom is 0.270 e. The Kier molecular flexibility index (Phi) is 5.48. The van der Waals surface area contributed by atoms with Crippen LogP contribution in [0.2, 0.25) is 0 Å². The topological polar surface area (TPSA) is 61.0 Å². The third-order valence-corrected chi connectivity index (χ3v) is 3.03. The van der Waals surface area contributed by atoms with Crippen LogP contribution in [0.5, 0.6) is 0 Å². The van der Waals surface area contributed by atoms with Gasteiger partial charge in [-0.05, 0) is 29.0 Å². The molecule has 0 radical (unpaired) electrons. The molecule has 1 aromatic rings. The maximum atomic E-state index is 11.7. The Bertz CT molecular complexity index is 335.